The van der Waals surface area contributed by atoms with Crippen LogP contribution in [-0.4, -0.2) is 38.9 Å². The molecule has 0 bridgehead atoms. The first-order valence-corrected chi connectivity index (χ1v) is 6.25. The number of rotatable bonds is 1. The van der Waals surface area contributed by atoms with Crippen molar-refractivity contribution in [2.45, 2.75) is 25.1 Å². The Morgan fingerprint density at radius 1 is 1.25 bits per heavy atom. The van der Waals surface area contributed by atoms with Crippen LogP contribution in [0.1, 0.15) is 18.7 Å². The van der Waals surface area contributed by atoms with E-state index >= 15 is 0 Å². The summed E-state index contributed by atoms with van der Waals surface area (Å²) in [6, 6.07) is 3.14. The highest BCUT2D eigenvalue weighted by molar-refractivity contribution is 5.46. The second-order valence-electron chi connectivity index (χ2n) is 4.83. The Morgan fingerprint density at radius 2 is 2.05 bits per heavy atom. The van der Waals surface area contributed by atoms with Crippen molar-refractivity contribution in [3.8, 4) is 0 Å². The SMILES string of the molecule is NC1CCCN(c2ccc3nnc(C(F)(F)F)n3n2)C1. The zero-order chi connectivity index (χ0) is 14.3. The molecule has 1 aliphatic heterocycles. The number of fused-ring (bicyclic) bond motifs is 1. The van der Waals surface area contributed by atoms with Crippen LogP contribution in [0.4, 0.5) is 19.0 Å². The van der Waals surface area contributed by atoms with Gasteiger partial charge in [-0.25, -0.2) is 0 Å². The van der Waals surface area contributed by atoms with Crippen LogP contribution in [0.5, 0.6) is 0 Å². The molecule has 3 rings (SSSR count). The first-order chi connectivity index (χ1) is 9.45. The molecule has 20 heavy (non-hydrogen) atoms. The van der Waals surface area contributed by atoms with E-state index in [0.29, 0.717) is 12.4 Å². The predicted octanol–water partition coefficient (Wildman–Crippen LogP) is 1.07. The summed E-state index contributed by atoms with van der Waals surface area (Å²) >= 11 is 0. The highest BCUT2D eigenvalue weighted by atomic mass is 19.4. The van der Waals surface area contributed by atoms with Crippen LogP contribution in [0.3, 0.4) is 0 Å². The van der Waals surface area contributed by atoms with Gasteiger partial charge in [0.1, 0.15) is 5.82 Å². The lowest BCUT2D eigenvalue weighted by Crippen LogP contribution is -2.43. The Balaban J connectivity index is 2.01. The molecule has 1 saturated heterocycles. The van der Waals surface area contributed by atoms with Gasteiger partial charge >= 0.3 is 6.18 Å². The third-order valence-electron chi connectivity index (χ3n) is 3.28. The fourth-order valence-corrected chi connectivity index (χ4v) is 2.34. The van der Waals surface area contributed by atoms with E-state index in [9.17, 15) is 13.2 Å². The molecular weight excluding hydrogens is 273 g/mol. The summed E-state index contributed by atoms with van der Waals surface area (Å²) in [5.41, 5.74) is 5.94. The first kappa shape index (κ1) is 13.1. The van der Waals surface area contributed by atoms with Gasteiger partial charge in [0.15, 0.2) is 5.65 Å². The number of anilines is 1. The molecule has 2 aromatic rings. The monoisotopic (exact) mass is 286 g/mol. The Bertz CT molecular complexity index is 622. The van der Waals surface area contributed by atoms with E-state index in [1.807, 2.05) is 4.90 Å². The first-order valence-electron chi connectivity index (χ1n) is 6.25. The smallest absolute Gasteiger partial charge is 0.354 e. The number of nitrogens with zero attached hydrogens (tertiary/aromatic N) is 5. The summed E-state index contributed by atoms with van der Waals surface area (Å²) < 4.78 is 39.1. The fourth-order valence-electron chi connectivity index (χ4n) is 2.34. The third-order valence-corrected chi connectivity index (χ3v) is 3.28. The number of aromatic nitrogens is 4. The summed E-state index contributed by atoms with van der Waals surface area (Å²) in [7, 11) is 0. The summed E-state index contributed by atoms with van der Waals surface area (Å²) in [4.78, 5) is 1.88. The third kappa shape index (κ3) is 2.28. The van der Waals surface area contributed by atoms with E-state index in [2.05, 4.69) is 15.3 Å². The molecule has 9 heteroatoms. The molecule has 0 aliphatic carbocycles. The van der Waals surface area contributed by atoms with Crippen LogP contribution in [-0.2, 0) is 6.18 Å². The van der Waals surface area contributed by atoms with Crippen molar-refractivity contribution < 1.29 is 13.2 Å². The van der Waals surface area contributed by atoms with Crippen LogP contribution < -0.4 is 10.6 Å². The molecule has 3 heterocycles. The Morgan fingerprint density at radius 3 is 2.75 bits per heavy atom. The van der Waals surface area contributed by atoms with Gasteiger partial charge in [-0.2, -0.15) is 17.7 Å². The lowest BCUT2D eigenvalue weighted by molar-refractivity contribution is -0.146. The zero-order valence-electron chi connectivity index (χ0n) is 10.5. The highest BCUT2D eigenvalue weighted by Crippen LogP contribution is 2.28. The Hall–Kier alpha value is -1.90. The molecule has 0 amide bonds. The summed E-state index contributed by atoms with van der Waals surface area (Å²) in [6.07, 6.45) is -2.77. The molecule has 1 unspecified atom stereocenters. The van der Waals surface area contributed by atoms with E-state index in [-0.39, 0.29) is 11.7 Å². The lowest BCUT2D eigenvalue weighted by atomic mass is 10.1. The van der Waals surface area contributed by atoms with E-state index in [1.165, 1.54) is 6.07 Å². The standard InChI is InChI=1S/C11H13F3N6/c12-11(13,14)10-17-16-8-3-4-9(18-20(8)10)19-5-1-2-7(15)6-19/h3-4,7H,1-2,5-6,15H2. The average Bonchev–Trinajstić information content (AvgIpc) is 2.81. The number of nitrogens with two attached hydrogens (primary N) is 1. The van der Waals surface area contributed by atoms with Gasteiger partial charge in [0.2, 0.25) is 0 Å². The number of alkyl halides is 3. The molecule has 0 saturated carbocycles. The molecule has 0 radical (unpaired) electrons. The van der Waals surface area contributed by atoms with Gasteiger partial charge in [-0.05, 0) is 25.0 Å². The van der Waals surface area contributed by atoms with Crippen molar-refractivity contribution in [3.63, 3.8) is 0 Å². The van der Waals surface area contributed by atoms with Gasteiger partial charge in [-0.15, -0.1) is 15.3 Å². The molecule has 1 fully saturated rings. The maximum Gasteiger partial charge on any atom is 0.453 e. The highest BCUT2D eigenvalue weighted by Gasteiger charge is 2.37. The van der Waals surface area contributed by atoms with Crippen molar-refractivity contribution in [2.24, 2.45) is 5.73 Å². The largest absolute Gasteiger partial charge is 0.453 e. The molecule has 0 spiro atoms. The maximum absolute atomic E-state index is 12.8. The van der Waals surface area contributed by atoms with Gasteiger partial charge in [0.25, 0.3) is 5.82 Å². The number of halogens is 3. The van der Waals surface area contributed by atoms with Gasteiger partial charge in [0.05, 0.1) is 0 Å². The van der Waals surface area contributed by atoms with Crippen molar-refractivity contribution in [2.75, 3.05) is 18.0 Å². The molecule has 108 valence electrons. The van der Waals surface area contributed by atoms with Crippen LogP contribution in [0.2, 0.25) is 0 Å². The topological polar surface area (TPSA) is 72.3 Å². The summed E-state index contributed by atoms with van der Waals surface area (Å²) in [6.45, 7) is 1.32. The molecule has 6 nitrogen and oxygen atoms in total. The van der Waals surface area contributed by atoms with Crippen molar-refractivity contribution in [1.82, 2.24) is 19.8 Å². The Labute approximate surface area is 112 Å². The fraction of sp³-hybridized carbons (Fsp3) is 0.545. The van der Waals surface area contributed by atoms with Crippen molar-refractivity contribution >= 4 is 11.5 Å². The van der Waals surface area contributed by atoms with Gasteiger partial charge in [-0.3, -0.25) is 0 Å². The molecule has 2 aromatic heterocycles. The predicted molar refractivity (Wildman–Crippen MR) is 65.2 cm³/mol. The number of piperidine rings is 1. The van der Waals surface area contributed by atoms with Crippen LogP contribution in [0.15, 0.2) is 12.1 Å². The lowest BCUT2D eigenvalue weighted by Gasteiger charge is -2.31. The number of hydrogen-bond donors (Lipinski definition) is 1. The van der Waals surface area contributed by atoms with Crippen LogP contribution in [0.25, 0.3) is 5.65 Å². The van der Waals surface area contributed by atoms with Gasteiger partial charge in [0, 0.05) is 19.1 Å². The summed E-state index contributed by atoms with van der Waals surface area (Å²) in [5, 5.41) is 10.6. The molecule has 0 aromatic carbocycles. The minimum absolute atomic E-state index is 0.0178. The molecular formula is C11H13F3N6. The minimum atomic E-state index is -4.58. The van der Waals surface area contributed by atoms with Gasteiger partial charge in [-0.1, -0.05) is 0 Å². The van der Waals surface area contributed by atoms with Crippen LogP contribution in [0, 0.1) is 0 Å². The minimum Gasteiger partial charge on any atom is -0.354 e. The maximum atomic E-state index is 12.8. The molecule has 1 aliphatic rings. The quantitative estimate of drug-likeness (QED) is 0.849. The second-order valence-corrected chi connectivity index (χ2v) is 4.83. The number of hydrogen-bond acceptors (Lipinski definition) is 5. The normalized spacial score (nSPS) is 20.6. The van der Waals surface area contributed by atoms with E-state index in [0.717, 1.165) is 23.9 Å². The molecule has 2 N–H and O–H groups in total. The Kier molecular flexibility index (Phi) is 3.00. The van der Waals surface area contributed by atoms with Gasteiger partial charge < -0.3 is 10.6 Å². The molecule has 1 atom stereocenters. The van der Waals surface area contributed by atoms with E-state index in [4.69, 9.17) is 5.73 Å². The second kappa shape index (κ2) is 4.58. The van der Waals surface area contributed by atoms with E-state index in [1.54, 1.807) is 6.07 Å². The van der Waals surface area contributed by atoms with Crippen molar-refractivity contribution in [1.29, 1.82) is 0 Å². The average molecular weight is 286 g/mol. The zero-order valence-corrected chi connectivity index (χ0v) is 10.5. The van der Waals surface area contributed by atoms with Crippen LogP contribution >= 0.6 is 0 Å². The van der Waals surface area contributed by atoms with E-state index < -0.39 is 12.0 Å². The summed E-state index contributed by atoms with van der Waals surface area (Å²) in [5.74, 6) is -0.659. The van der Waals surface area contributed by atoms with Crippen molar-refractivity contribution in [3.05, 3.63) is 18.0 Å².